The highest BCUT2D eigenvalue weighted by Gasteiger charge is 2.13. The van der Waals surface area contributed by atoms with Crippen LogP contribution in [0.25, 0.3) is 11.5 Å². The largest absolute Gasteiger partial charge is 0.495 e. The summed E-state index contributed by atoms with van der Waals surface area (Å²) >= 11 is 3.38. The first kappa shape index (κ1) is 10.9. The molecular weight excluding hydrogens is 276 g/mol. The molecule has 84 valence electrons. The standard InChI is InChI=1S/C10H9BrN2O3/c1-14-7-3-6(10-12-5-13-16-10)4-8(15-2)9(7)11/h3-5H,1-2H3. The SMILES string of the molecule is COc1cc(-c2ncno2)cc(OC)c1Br. The van der Waals surface area contributed by atoms with E-state index in [1.54, 1.807) is 26.4 Å². The summed E-state index contributed by atoms with van der Waals surface area (Å²) < 4.78 is 16.1. The molecule has 2 rings (SSSR count). The lowest BCUT2D eigenvalue weighted by Gasteiger charge is -2.09. The lowest BCUT2D eigenvalue weighted by molar-refractivity contribution is 0.388. The van der Waals surface area contributed by atoms with E-state index >= 15 is 0 Å². The van der Waals surface area contributed by atoms with E-state index < -0.39 is 0 Å². The maximum absolute atomic E-state index is 5.21. The lowest BCUT2D eigenvalue weighted by Crippen LogP contribution is -1.91. The number of halogens is 1. The summed E-state index contributed by atoms with van der Waals surface area (Å²) in [5.74, 6) is 1.71. The van der Waals surface area contributed by atoms with Gasteiger partial charge in [-0.25, -0.2) is 0 Å². The summed E-state index contributed by atoms with van der Waals surface area (Å²) in [4.78, 5) is 3.96. The van der Waals surface area contributed by atoms with E-state index in [0.29, 0.717) is 17.4 Å². The first-order chi connectivity index (χ1) is 7.76. The van der Waals surface area contributed by atoms with Crippen molar-refractivity contribution < 1.29 is 14.0 Å². The Bertz CT molecular complexity index is 460. The van der Waals surface area contributed by atoms with Crippen molar-refractivity contribution in [2.75, 3.05) is 14.2 Å². The van der Waals surface area contributed by atoms with Gasteiger partial charge in [-0.3, -0.25) is 0 Å². The number of benzene rings is 1. The molecule has 16 heavy (non-hydrogen) atoms. The molecule has 0 aliphatic rings. The Morgan fingerprint density at radius 2 is 1.81 bits per heavy atom. The topological polar surface area (TPSA) is 57.4 Å². The Kier molecular flexibility index (Phi) is 3.09. The molecule has 0 spiro atoms. The second-order valence-electron chi connectivity index (χ2n) is 2.94. The predicted molar refractivity (Wildman–Crippen MR) is 60.5 cm³/mol. The fourth-order valence-electron chi connectivity index (χ4n) is 1.29. The van der Waals surface area contributed by atoms with Crippen molar-refractivity contribution in [1.29, 1.82) is 0 Å². The van der Waals surface area contributed by atoms with Crippen LogP contribution in [-0.2, 0) is 0 Å². The summed E-state index contributed by atoms with van der Waals surface area (Å²) in [5, 5.41) is 3.55. The Morgan fingerprint density at radius 3 is 2.25 bits per heavy atom. The Morgan fingerprint density at radius 1 is 1.19 bits per heavy atom. The fourth-order valence-corrected chi connectivity index (χ4v) is 1.85. The molecule has 0 aliphatic heterocycles. The molecule has 0 atom stereocenters. The van der Waals surface area contributed by atoms with E-state index in [9.17, 15) is 0 Å². The van der Waals surface area contributed by atoms with E-state index in [0.717, 1.165) is 10.0 Å². The third kappa shape index (κ3) is 1.88. The number of methoxy groups -OCH3 is 2. The van der Waals surface area contributed by atoms with Gasteiger partial charge in [0.05, 0.1) is 14.2 Å². The van der Waals surface area contributed by atoms with Crippen molar-refractivity contribution in [2.45, 2.75) is 0 Å². The highest BCUT2D eigenvalue weighted by Crippen LogP contribution is 2.38. The minimum Gasteiger partial charge on any atom is -0.495 e. The average Bonchev–Trinajstić information content (AvgIpc) is 2.83. The van der Waals surface area contributed by atoms with Gasteiger partial charge in [-0.15, -0.1) is 0 Å². The maximum Gasteiger partial charge on any atom is 0.257 e. The van der Waals surface area contributed by atoms with Crippen LogP contribution < -0.4 is 9.47 Å². The summed E-state index contributed by atoms with van der Waals surface area (Å²) in [5.41, 5.74) is 0.745. The molecule has 2 aromatic rings. The van der Waals surface area contributed by atoms with E-state index in [1.165, 1.54) is 6.33 Å². The second-order valence-corrected chi connectivity index (χ2v) is 3.73. The zero-order chi connectivity index (χ0) is 11.5. The van der Waals surface area contributed by atoms with Gasteiger partial charge in [0.15, 0.2) is 6.33 Å². The number of rotatable bonds is 3. The zero-order valence-electron chi connectivity index (χ0n) is 8.73. The Hall–Kier alpha value is -1.56. The van der Waals surface area contributed by atoms with Crippen molar-refractivity contribution >= 4 is 15.9 Å². The summed E-state index contributed by atoms with van der Waals surface area (Å²) in [6, 6.07) is 3.58. The number of aromatic nitrogens is 2. The monoisotopic (exact) mass is 284 g/mol. The van der Waals surface area contributed by atoms with Crippen molar-refractivity contribution in [3.8, 4) is 23.0 Å². The molecule has 0 saturated carbocycles. The van der Waals surface area contributed by atoms with E-state index in [1.807, 2.05) is 0 Å². The van der Waals surface area contributed by atoms with Gasteiger partial charge in [-0.05, 0) is 28.1 Å². The molecule has 0 amide bonds. The summed E-state index contributed by atoms with van der Waals surface area (Å²) in [6.07, 6.45) is 1.34. The van der Waals surface area contributed by atoms with Gasteiger partial charge < -0.3 is 14.0 Å². The highest BCUT2D eigenvalue weighted by atomic mass is 79.9. The van der Waals surface area contributed by atoms with Crippen LogP contribution in [0.5, 0.6) is 11.5 Å². The van der Waals surface area contributed by atoms with Crippen LogP contribution in [0.15, 0.2) is 27.5 Å². The van der Waals surface area contributed by atoms with Gasteiger partial charge in [-0.1, -0.05) is 5.16 Å². The van der Waals surface area contributed by atoms with Crippen molar-refractivity contribution in [1.82, 2.24) is 10.1 Å². The average molecular weight is 285 g/mol. The molecule has 1 aromatic heterocycles. The molecule has 1 aromatic carbocycles. The molecule has 5 nitrogen and oxygen atoms in total. The number of hydrogen-bond donors (Lipinski definition) is 0. The van der Waals surface area contributed by atoms with Gasteiger partial charge in [0.2, 0.25) is 0 Å². The molecule has 0 aliphatic carbocycles. The van der Waals surface area contributed by atoms with E-state index in [4.69, 9.17) is 14.0 Å². The molecular formula is C10H9BrN2O3. The van der Waals surface area contributed by atoms with Crippen LogP contribution >= 0.6 is 15.9 Å². The quantitative estimate of drug-likeness (QED) is 0.867. The molecule has 0 saturated heterocycles. The molecule has 0 N–H and O–H groups in total. The number of hydrogen-bond acceptors (Lipinski definition) is 5. The predicted octanol–water partition coefficient (Wildman–Crippen LogP) is 2.52. The molecule has 0 unspecified atom stereocenters. The number of nitrogens with zero attached hydrogens (tertiary/aromatic N) is 2. The highest BCUT2D eigenvalue weighted by molar-refractivity contribution is 9.10. The minimum absolute atomic E-state index is 0.420. The maximum atomic E-state index is 5.21. The van der Waals surface area contributed by atoms with Crippen molar-refractivity contribution in [3.05, 3.63) is 22.9 Å². The third-order valence-electron chi connectivity index (χ3n) is 2.05. The van der Waals surface area contributed by atoms with Crippen LogP contribution in [0.2, 0.25) is 0 Å². The lowest BCUT2D eigenvalue weighted by atomic mass is 10.2. The normalized spacial score (nSPS) is 10.2. The molecule has 6 heteroatoms. The van der Waals surface area contributed by atoms with Crippen LogP contribution in [0, 0.1) is 0 Å². The summed E-state index contributed by atoms with van der Waals surface area (Å²) in [7, 11) is 3.16. The summed E-state index contributed by atoms with van der Waals surface area (Å²) in [6.45, 7) is 0. The van der Waals surface area contributed by atoms with Gasteiger partial charge >= 0.3 is 0 Å². The number of ether oxygens (including phenoxy) is 2. The molecule has 0 fully saturated rings. The first-order valence-corrected chi connectivity index (χ1v) is 5.24. The van der Waals surface area contributed by atoms with Crippen LogP contribution in [0.3, 0.4) is 0 Å². The van der Waals surface area contributed by atoms with Crippen LogP contribution in [0.1, 0.15) is 0 Å². The molecule has 1 heterocycles. The van der Waals surface area contributed by atoms with E-state index in [2.05, 4.69) is 26.1 Å². The fraction of sp³-hybridized carbons (Fsp3) is 0.200. The van der Waals surface area contributed by atoms with Crippen LogP contribution in [0.4, 0.5) is 0 Å². The van der Waals surface area contributed by atoms with Crippen LogP contribution in [-0.4, -0.2) is 24.4 Å². The van der Waals surface area contributed by atoms with Gasteiger partial charge in [0, 0.05) is 5.56 Å². The minimum atomic E-state index is 0.420. The Labute approximate surface area is 100 Å². The van der Waals surface area contributed by atoms with Gasteiger partial charge in [-0.2, -0.15) is 4.98 Å². The van der Waals surface area contributed by atoms with Crippen molar-refractivity contribution in [3.63, 3.8) is 0 Å². The Balaban J connectivity index is 2.56. The first-order valence-electron chi connectivity index (χ1n) is 4.45. The van der Waals surface area contributed by atoms with Gasteiger partial charge in [0.1, 0.15) is 16.0 Å². The zero-order valence-corrected chi connectivity index (χ0v) is 10.3. The van der Waals surface area contributed by atoms with Gasteiger partial charge in [0.25, 0.3) is 5.89 Å². The van der Waals surface area contributed by atoms with Crippen molar-refractivity contribution in [2.24, 2.45) is 0 Å². The molecule has 0 bridgehead atoms. The molecule has 0 radical (unpaired) electrons. The smallest absolute Gasteiger partial charge is 0.257 e. The van der Waals surface area contributed by atoms with E-state index in [-0.39, 0.29) is 0 Å². The third-order valence-corrected chi connectivity index (χ3v) is 2.84. The second kappa shape index (κ2) is 4.52.